The molecule has 0 heterocycles. The van der Waals surface area contributed by atoms with Crippen LogP contribution in [0.25, 0.3) is 0 Å². The SMILES string of the molecule is CC(C)(N)C(C)(C)N.N.N. The highest BCUT2D eigenvalue weighted by molar-refractivity contribution is 4.93. The van der Waals surface area contributed by atoms with Crippen LogP contribution in [0.3, 0.4) is 0 Å². The third kappa shape index (κ3) is 4.69. The molecule has 66 valence electrons. The molecule has 0 aromatic heterocycles. The average molecular weight is 150 g/mol. The summed E-state index contributed by atoms with van der Waals surface area (Å²) in [5.74, 6) is 0. The summed E-state index contributed by atoms with van der Waals surface area (Å²) < 4.78 is 0. The second kappa shape index (κ2) is 3.88. The third-order valence-corrected chi connectivity index (χ3v) is 1.66. The molecule has 0 unspecified atom stereocenters. The van der Waals surface area contributed by atoms with E-state index in [0.29, 0.717) is 0 Å². The highest BCUT2D eigenvalue weighted by Crippen LogP contribution is 2.13. The van der Waals surface area contributed by atoms with Crippen molar-refractivity contribution in [3.63, 3.8) is 0 Å². The summed E-state index contributed by atoms with van der Waals surface area (Å²) in [5, 5.41) is 0. The molecular weight excluding hydrogens is 128 g/mol. The predicted molar refractivity (Wildman–Crippen MR) is 46.6 cm³/mol. The van der Waals surface area contributed by atoms with Crippen LogP contribution in [0.15, 0.2) is 0 Å². The molecular formula is C6H22N4. The molecule has 10 heavy (non-hydrogen) atoms. The zero-order valence-electron chi connectivity index (χ0n) is 7.57. The molecule has 0 aromatic carbocycles. The van der Waals surface area contributed by atoms with Crippen LogP contribution in [0.1, 0.15) is 27.7 Å². The molecule has 0 spiro atoms. The Bertz CT molecular complexity index is 64.7. The van der Waals surface area contributed by atoms with Gasteiger partial charge < -0.3 is 23.8 Å². The Balaban J connectivity index is -0.000000245. The van der Waals surface area contributed by atoms with Crippen molar-refractivity contribution in [1.29, 1.82) is 0 Å². The summed E-state index contributed by atoms with van der Waals surface area (Å²) in [5.41, 5.74) is 10.8. The number of hydrogen-bond acceptors (Lipinski definition) is 4. The van der Waals surface area contributed by atoms with E-state index in [0.717, 1.165) is 0 Å². The van der Waals surface area contributed by atoms with E-state index in [1.165, 1.54) is 0 Å². The third-order valence-electron chi connectivity index (χ3n) is 1.66. The molecule has 0 aliphatic heterocycles. The quantitative estimate of drug-likeness (QED) is 0.441. The maximum Gasteiger partial charge on any atom is 0.0274 e. The Morgan fingerprint density at radius 2 is 0.800 bits per heavy atom. The lowest BCUT2D eigenvalue weighted by atomic mass is 9.85. The second-order valence-corrected chi connectivity index (χ2v) is 3.44. The predicted octanol–water partition coefficient (Wildman–Crippen LogP) is 0.785. The summed E-state index contributed by atoms with van der Waals surface area (Å²) in [6.07, 6.45) is 0. The Hall–Kier alpha value is -0.160. The van der Waals surface area contributed by atoms with Gasteiger partial charge in [0, 0.05) is 11.1 Å². The van der Waals surface area contributed by atoms with Crippen molar-refractivity contribution < 1.29 is 0 Å². The Morgan fingerprint density at radius 1 is 0.700 bits per heavy atom. The van der Waals surface area contributed by atoms with Crippen molar-refractivity contribution in [1.82, 2.24) is 12.3 Å². The van der Waals surface area contributed by atoms with Gasteiger partial charge in [0.15, 0.2) is 0 Å². The Morgan fingerprint density at radius 3 is 0.800 bits per heavy atom. The fraction of sp³-hybridized carbons (Fsp3) is 1.00. The highest BCUT2D eigenvalue weighted by atomic mass is 14.9. The fourth-order valence-corrected chi connectivity index (χ4v) is 0. The molecule has 0 bridgehead atoms. The molecule has 0 rings (SSSR count). The maximum atomic E-state index is 5.69. The summed E-state index contributed by atoms with van der Waals surface area (Å²) in [7, 11) is 0. The maximum absolute atomic E-state index is 5.69. The monoisotopic (exact) mass is 150 g/mol. The van der Waals surface area contributed by atoms with Crippen LogP contribution in [-0.2, 0) is 0 Å². The minimum atomic E-state index is -0.285. The van der Waals surface area contributed by atoms with Crippen molar-refractivity contribution in [2.75, 3.05) is 0 Å². The molecule has 0 radical (unpaired) electrons. The van der Waals surface area contributed by atoms with Gasteiger partial charge in [-0.2, -0.15) is 0 Å². The van der Waals surface area contributed by atoms with Crippen molar-refractivity contribution in [3.8, 4) is 0 Å². The van der Waals surface area contributed by atoms with Gasteiger partial charge in [-0.1, -0.05) is 0 Å². The van der Waals surface area contributed by atoms with Gasteiger partial charge in [-0.05, 0) is 27.7 Å². The molecule has 0 aliphatic carbocycles. The summed E-state index contributed by atoms with van der Waals surface area (Å²) >= 11 is 0. The van der Waals surface area contributed by atoms with Gasteiger partial charge in [-0.25, -0.2) is 0 Å². The first kappa shape index (κ1) is 16.4. The zero-order chi connectivity index (χ0) is 7.00. The van der Waals surface area contributed by atoms with E-state index >= 15 is 0 Å². The number of rotatable bonds is 1. The van der Waals surface area contributed by atoms with E-state index in [1.54, 1.807) is 0 Å². The summed E-state index contributed by atoms with van der Waals surface area (Å²) in [4.78, 5) is 0. The van der Waals surface area contributed by atoms with Gasteiger partial charge in [0.1, 0.15) is 0 Å². The topological polar surface area (TPSA) is 122 Å². The normalized spacial score (nSPS) is 11.4. The van der Waals surface area contributed by atoms with Crippen LogP contribution in [0.2, 0.25) is 0 Å². The standard InChI is InChI=1S/C6H16N2.2H3N/c1-5(2,7)6(3,4)8;;/h7-8H2,1-4H3;2*1H3. The van der Waals surface area contributed by atoms with E-state index in [-0.39, 0.29) is 23.4 Å². The molecule has 10 N–H and O–H groups in total. The Labute approximate surface area is 63.5 Å². The van der Waals surface area contributed by atoms with Crippen molar-refractivity contribution in [2.45, 2.75) is 38.8 Å². The van der Waals surface area contributed by atoms with E-state index in [4.69, 9.17) is 11.5 Å². The number of nitrogens with two attached hydrogens (primary N) is 2. The molecule has 0 saturated heterocycles. The van der Waals surface area contributed by atoms with Gasteiger partial charge in [-0.3, -0.25) is 0 Å². The largest absolute Gasteiger partial charge is 0.344 e. The average Bonchev–Trinajstić information content (AvgIpc) is 1.25. The second-order valence-electron chi connectivity index (χ2n) is 3.44. The van der Waals surface area contributed by atoms with Crippen LogP contribution in [0.4, 0.5) is 0 Å². The molecule has 4 heteroatoms. The van der Waals surface area contributed by atoms with Crippen molar-refractivity contribution in [2.24, 2.45) is 11.5 Å². The van der Waals surface area contributed by atoms with Crippen molar-refractivity contribution >= 4 is 0 Å². The van der Waals surface area contributed by atoms with Gasteiger partial charge in [-0.15, -0.1) is 0 Å². The molecule has 0 amide bonds. The van der Waals surface area contributed by atoms with Crippen LogP contribution < -0.4 is 23.8 Å². The number of hydrogen-bond donors (Lipinski definition) is 4. The fourth-order valence-electron chi connectivity index (χ4n) is 0. The molecule has 0 fully saturated rings. The van der Waals surface area contributed by atoms with Crippen LogP contribution in [-0.4, -0.2) is 11.1 Å². The van der Waals surface area contributed by atoms with Crippen LogP contribution >= 0.6 is 0 Å². The smallest absolute Gasteiger partial charge is 0.0274 e. The molecule has 0 aromatic rings. The van der Waals surface area contributed by atoms with E-state index in [9.17, 15) is 0 Å². The zero-order valence-corrected chi connectivity index (χ0v) is 7.57. The Kier molecular flexibility index (Phi) is 6.37. The van der Waals surface area contributed by atoms with Crippen LogP contribution in [0, 0.1) is 0 Å². The molecule has 4 nitrogen and oxygen atoms in total. The van der Waals surface area contributed by atoms with Gasteiger partial charge in [0.25, 0.3) is 0 Å². The van der Waals surface area contributed by atoms with Crippen LogP contribution in [0.5, 0.6) is 0 Å². The highest BCUT2D eigenvalue weighted by Gasteiger charge is 2.28. The molecule has 0 saturated carbocycles. The summed E-state index contributed by atoms with van der Waals surface area (Å²) in [6.45, 7) is 7.69. The first-order chi connectivity index (χ1) is 3.25. The van der Waals surface area contributed by atoms with E-state index in [1.807, 2.05) is 27.7 Å². The summed E-state index contributed by atoms with van der Waals surface area (Å²) in [6, 6.07) is 0. The molecule has 0 aliphatic rings. The lowest BCUT2D eigenvalue weighted by molar-refractivity contribution is 0.309. The minimum absolute atomic E-state index is 0. The van der Waals surface area contributed by atoms with Gasteiger partial charge in [0.2, 0.25) is 0 Å². The minimum Gasteiger partial charge on any atom is -0.344 e. The lowest BCUT2D eigenvalue weighted by Crippen LogP contribution is -2.58. The first-order valence-corrected chi connectivity index (χ1v) is 2.83. The van der Waals surface area contributed by atoms with Gasteiger partial charge >= 0.3 is 0 Å². The van der Waals surface area contributed by atoms with Gasteiger partial charge in [0.05, 0.1) is 0 Å². The van der Waals surface area contributed by atoms with Crippen molar-refractivity contribution in [3.05, 3.63) is 0 Å². The first-order valence-electron chi connectivity index (χ1n) is 2.83. The van der Waals surface area contributed by atoms with E-state index in [2.05, 4.69) is 0 Å². The molecule has 0 atom stereocenters. The lowest BCUT2D eigenvalue weighted by Gasteiger charge is -2.34. The van der Waals surface area contributed by atoms with E-state index < -0.39 is 0 Å².